The van der Waals surface area contributed by atoms with Gasteiger partial charge in [0.05, 0.1) is 5.66 Å². The highest BCUT2D eigenvalue weighted by Gasteiger charge is 2.28. The Kier molecular flexibility index (Phi) is 5.65. The van der Waals surface area contributed by atoms with Crippen LogP contribution in [0.1, 0.15) is 45.6 Å². The van der Waals surface area contributed by atoms with Crippen LogP contribution in [0.5, 0.6) is 0 Å². The van der Waals surface area contributed by atoms with Crippen LogP contribution >= 0.6 is 0 Å². The Hall–Kier alpha value is -1.06. The number of nitrogens with two attached hydrogens (primary N) is 1. The van der Waals surface area contributed by atoms with Crippen LogP contribution in [0.3, 0.4) is 0 Å². The Bertz CT molecular complexity index is 415. The van der Waals surface area contributed by atoms with Crippen molar-refractivity contribution < 1.29 is 0 Å². The summed E-state index contributed by atoms with van der Waals surface area (Å²) in [5.74, 6) is 0. The van der Waals surface area contributed by atoms with Crippen molar-refractivity contribution in [1.29, 1.82) is 0 Å². The van der Waals surface area contributed by atoms with Crippen molar-refractivity contribution in [2.75, 3.05) is 31.1 Å². The van der Waals surface area contributed by atoms with Crippen LogP contribution in [0.2, 0.25) is 0 Å². The smallest absolute Gasteiger partial charge is 0.0699 e. The van der Waals surface area contributed by atoms with Gasteiger partial charge in [0.15, 0.2) is 0 Å². The number of rotatable bonds is 6. The molecule has 1 unspecified atom stereocenters. The van der Waals surface area contributed by atoms with Crippen LogP contribution in [0, 0.1) is 0 Å². The van der Waals surface area contributed by atoms with E-state index < -0.39 is 0 Å². The van der Waals surface area contributed by atoms with Gasteiger partial charge in [-0.05, 0) is 64.4 Å². The highest BCUT2D eigenvalue weighted by atomic mass is 15.3. The Morgan fingerprint density at radius 2 is 1.62 bits per heavy atom. The molecule has 1 fully saturated rings. The first kappa shape index (κ1) is 16.3. The second kappa shape index (κ2) is 7.28. The molecular weight excluding hydrogens is 258 g/mol. The molecule has 1 heterocycles. The molecule has 3 heteroatoms. The summed E-state index contributed by atoms with van der Waals surface area (Å²) in [6.45, 7) is 11.0. The maximum absolute atomic E-state index is 6.59. The van der Waals surface area contributed by atoms with Gasteiger partial charge < -0.3 is 10.6 Å². The number of piperidine rings is 1. The van der Waals surface area contributed by atoms with E-state index in [1.807, 2.05) is 0 Å². The lowest BCUT2D eigenvalue weighted by Gasteiger charge is -2.41. The fraction of sp³-hybridized carbons (Fsp3) is 0.667. The molecule has 0 aliphatic carbocycles. The number of hydrogen-bond acceptors (Lipinski definition) is 3. The lowest BCUT2D eigenvalue weighted by Crippen LogP contribution is -2.56. The normalized spacial score (nSPS) is 19.2. The summed E-state index contributed by atoms with van der Waals surface area (Å²) in [5.41, 5.74) is 9.00. The third-order valence-electron chi connectivity index (χ3n) is 4.71. The van der Waals surface area contributed by atoms with E-state index in [0.29, 0.717) is 0 Å². The van der Waals surface area contributed by atoms with Crippen LogP contribution in [-0.2, 0) is 6.42 Å². The largest absolute Gasteiger partial charge is 0.372 e. The SMILES string of the molecule is CCN(CC)c1ccc(CC(C)(N)N2CCCCC2)cc1. The molecule has 0 aromatic heterocycles. The summed E-state index contributed by atoms with van der Waals surface area (Å²) in [6, 6.07) is 8.94. The van der Waals surface area contributed by atoms with Gasteiger partial charge in [-0.15, -0.1) is 0 Å². The molecule has 3 nitrogen and oxygen atoms in total. The van der Waals surface area contributed by atoms with Crippen LogP contribution < -0.4 is 10.6 Å². The van der Waals surface area contributed by atoms with Crippen molar-refractivity contribution in [3.05, 3.63) is 29.8 Å². The molecule has 2 N–H and O–H groups in total. The molecule has 1 aliphatic heterocycles. The molecular formula is C18H31N3. The first-order valence-electron chi connectivity index (χ1n) is 8.44. The molecule has 0 bridgehead atoms. The Labute approximate surface area is 130 Å². The van der Waals surface area contributed by atoms with Crippen molar-refractivity contribution in [2.24, 2.45) is 5.73 Å². The van der Waals surface area contributed by atoms with Gasteiger partial charge in [0.25, 0.3) is 0 Å². The minimum Gasteiger partial charge on any atom is -0.372 e. The summed E-state index contributed by atoms with van der Waals surface area (Å²) < 4.78 is 0. The zero-order chi connectivity index (χ0) is 15.3. The van der Waals surface area contributed by atoms with Crippen molar-refractivity contribution in [3.63, 3.8) is 0 Å². The third-order valence-corrected chi connectivity index (χ3v) is 4.71. The van der Waals surface area contributed by atoms with E-state index in [4.69, 9.17) is 5.73 Å². The van der Waals surface area contributed by atoms with Gasteiger partial charge in [-0.1, -0.05) is 18.6 Å². The Morgan fingerprint density at radius 3 is 2.14 bits per heavy atom. The maximum Gasteiger partial charge on any atom is 0.0699 e. The average Bonchev–Trinajstić information content (AvgIpc) is 2.51. The molecule has 0 saturated carbocycles. The first-order valence-corrected chi connectivity index (χ1v) is 8.44. The number of benzene rings is 1. The lowest BCUT2D eigenvalue weighted by molar-refractivity contribution is 0.0856. The van der Waals surface area contributed by atoms with E-state index >= 15 is 0 Å². The molecule has 1 aromatic rings. The van der Waals surface area contributed by atoms with Crippen molar-refractivity contribution >= 4 is 5.69 Å². The minimum atomic E-state index is -0.225. The standard InChI is InChI=1S/C18H31N3/c1-4-20(5-2)17-11-9-16(10-12-17)15-18(3,19)21-13-7-6-8-14-21/h9-12H,4-8,13-15,19H2,1-3H3. The number of hydrogen-bond donors (Lipinski definition) is 1. The quantitative estimate of drug-likeness (QED) is 0.872. The molecule has 21 heavy (non-hydrogen) atoms. The first-order chi connectivity index (χ1) is 10.1. The summed E-state index contributed by atoms with van der Waals surface area (Å²) in [4.78, 5) is 4.82. The van der Waals surface area contributed by atoms with E-state index in [1.54, 1.807) is 0 Å². The molecule has 118 valence electrons. The van der Waals surface area contributed by atoms with E-state index in [9.17, 15) is 0 Å². The minimum absolute atomic E-state index is 0.225. The monoisotopic (exact) mass is 289 g/mol. The Morgan fingerprint density at radius 1 is 1.05 bits per heavy atom. The summed E-state index contributed by atoms with van der Waals surface area (Å²) in [6.07, 6.45) is 4.85. The number of nitrogens with zero attached hydrogens (tertiary/aromatic N) is 2. The van der Waals surface area contributed by atoms with Crippen LogP contribution in [0.15, 0.2) is 24.3 Å². The van der Waals surface area contributed by atoms with Gasteiger partial charge in [-0.2, -0.15) is 0 Å². The lowest BCUT2D eigenvalue weighted by atomic mass is 9.97. The van der Waals surface area contributed by atoms with Gasteiger partial charge in [0.2, 0.25) is 0 Å². The van der Waals surface area contributed by atoms with Crippen molar-refractivity contribution in [2.45, 2.75) is 52.1 Å². The van der Waals surface area contributed by atoms with Crippen molar-refractivity contribution in [3.8, 4) is 0 Å². The highest BCUT2D eigenvalue weighted by molar-refractivity contribution is 5.47. The zero-order valence-electron chi connectivity index (χ0n) is 13.9. The second-order valence-electron chi connectivity index (χ2n) is 6.42. The predicted molar refractivity (Wildman–Crippen MR) is 91.7 cm³/mol. The van der Waals surface area contributed by atoms with Gasteiger partial charge in [0.1, 0.15) is 0 Å². The Balaban J connectivity index is 2.01. The number of anilines is 1. The average molecular weight is 289 g/mol. The van der Waals surface area contributed by atoms with Gasteiger partial charge in [0, 0.05) is 25.2 Å². The topological polar surface area (TPSA) is 32.5 Å². The third kappa shape index (κ3) is 4.21. The molecule has 1 aromatic carbocycles. The molecule has 1 saturated heterocycles. The van der Waals surface area contributed by atoms with Crippen molar-refractivity contribution in [1.82, 2.24) is 4.90 Å². The molecule has 0 spiro atoms. The highest BCUT2D eigenvalue weighted by Crippen LogP contribution is 2.22. The fourth-order valence-electron chi connectivity index (χ4n) is 3.34. The van der Waals surface area contributed by atoms with E-state index in [2.05, 4.69) is 54.8 Å². The number of likely N-dealkylation sites (tertiary alicyclic amines) is 1. The maximum atomic E-state index is 6.59. The molecule has 2 rings (SSSR count). The van der Waals surface area contributed by atoms with Crippen LogP contribution in [0.4, 0.5) is 5.69 Å². The van der Waals surface area contributed by atoms with Gasteiger partial charge in [-0.25, -0.2) is 0 Å². The second-order valence-corrected chi connectivity index (χ2v) is 6.42. The molecule has 1 atom stereocenters. The van der Waals surface area contributed by atoms with Crippen LogP contribution in [0.25, 0.3) is 0 Å². The van der Waals surface area contributed by atoms with E-state index in [1.165, 1.54) is 30.5 Å². The summed E-state index contributed by atoms with van der Waals surface area (Å²) in [5, 5.41) is 0. The van der Waals surface area contributed by atoms with Gasteiger partial charge >= 0.3 is 0 Å². The summed E-state index contributed by atoms with van der Waals surface area (Å²) >= 11 is 0. The molecule has 0 amide bonds. The van der Waals surface area contributed by atoms with Gasteiger partial charge in [-0.3, -0.25) is 4.90 Å². The summed E-state index contributed by atoms with van der Waals surface area (Å²) in [7, 11) is 0. The fourth-order valence-corrected chi connectivity index (χ4v) is 3.34. The molecule has 1 aliphatic rings. The van der Waals surface area contributed by atoms with E-state index in [0.717, 1.165) is 32.6 Å². The zero-order valence-corrected chi connectivity index (χ0v) is 13.9. The van der Waals surface area contributed by atoms with Crippen LogP contribution in [-0.4, -0.2) is 36.7 Å². The predicted octanol–water partition coefficient (Wildman–Crippen LogP) is 3.24. The molecule has 0 radical (unpaired) electrons. The van der Waals surface area contributed by atoms with E-state index in [-0.39, 0.29) is 5.66 Å².